The van der Waals surface area contributed by atoms with Crippen molar-refractivity contribution in [3.05, 3.63) is 58.1 Å². The summed E-state index contributed by atoms with van der Waals surface area (Å²) in [7, 11) is -0.782. The summed E-state index contributed by atoms with van der Waals surface area (Å²) in [4.78, 5) is 12.5. The zero-order valence-electron chi connectivity index (χ0n) is 13.9. The minimum Gasteiger partial charge on any atom is -0.322 e. The molecule has 0 aliphatic carbocycles. The van der Waals surface area contributed by atoms with Crippen molar-refractivity contribution in [2.24, 2.45) is 0 Å². The number of halogens is 1. The van der Waals surface area contributed by atoms with Crippen molar-refractivity contribution in [1.82, 2.24) is 4.31 Å². The molecule has 128 valence electrons. The van der Waals surface area contributed by atoms with E-state index in [4.69, 9.17) is 11.6 Å². The van der Waals surface area contributed by atoms with Crippen molar-refractivity contribution < 1.29 is 13.2 Å². The highest BCUT2D eigenvalue weighted by molar-refractivity contribution is 7.89. The van der Waals surface area contributed by atoms with Crippen molar-refractivity contribution in [3.63, 3.8) is 0 Å². The molecule has 0 heterocycles. The third kappa shape index (κ3) is 3.77. The molecule has 7 heteroatoms. The van der Waals surface area contributed by atoms with Crippen LogP contribution in [-0.4, -0.2) is 32.7 Å². The largest absolute Gasteiger partial charge is 0.322 e. The van der Waals surface area contributed by atoms with Gasteiger partial charge in [0, 0.05) is 19.8 Å². The molecule has 0 spiro atoms. The van der Waals surface area contributed by atoms with Crippen LogP contribution in [0.25, 0.3) is 0 Å². The van der Waals surface area contributed by atoms with Gasteiger partial charge in [-0.1, -0.05) is 29.3 Å². The molecule has 0 bridgehead atoms. The van der Waals surface area contributed by atoms with Crippen LogP contribution in [0.4, 0.5) is 5.69 Å². The summed E-state index contributed by atoms with van der Waals surface area (Å²) in [6.07, 6.45) is 0. The molecule has 0 aliphatic rings. The summed E-state index contributed by atoms with van der Waals surface area (Å²) >= 11 is 6.08. The Bertz CT molecular complexity index is 893. The molecular weight excluding hydrogens is 348 g/mol. The van der Waals surface area contributed by atoms with Crippen LogP contribution in [-0.2, 0) is 10.0 Å². The number of nitrogens with one attached hydrogen (secondary N) is 1. The SMILES string of the molecule is Cc1ccc(NC(=O)c2cc(S(=O)(=O)N(C)C)ccc2Cl)c(C)c1. The fraction of sp³-hybridized carbons (Fsp3) is 0.235. The smallest absolute Gasteiger partial charge is 0.257 e. The van der Waals surface area contributed by atoms with Crippen molar-refractivity contribution in [1.29, 1.82) is 0 Å². The van der Waals surface area contributed by atoms with E-state index >= 15 is 0 Å². The first kappa shape index (κ1) is 18.4. The summed E-state index contributed by atoms with van der Waals surface area (Å²) in [5.41, 5.74) is 2.77. The lowest BCUT2D eigenvalue weighted by atomic mass is 10.1. The van der Waals surface area contributed by atoms with Crippen LogP contribution in [0.5, 0.6) is 0 Å². The molecule has 0 radical (unpaired) electrons. The molecular formula is C17H19ClN2O3S. The standard InChI is InChI=1S/C17H19ClN2O3S/c1-11-5-8-16(12(2)9-11)19-17(21)14-10-13(6-7-15(14)18)24(22,23)20(3)4/h5-10H,1-4H3,(H,19,21). The fourth-order valence-corrected chi connectivity index (χ4v) is 3.32. The van der Waals surface area contributed by atoms with Gasteiger partial charge in [0.1, 0.15) is 0 Å². The van der Waals surface area contributed by atoms with Gasteiger partial charge in [-0.25, -0.2) is 12.7 Å². The van der Waals surface area contributed by atoms with Gasteiger partial charge >= 0.3 is 0 Å². The van der Waals surface area contributed by atoms with E-state index in [1.54, 1.807) is 6.07 Å². The van der Waals surface area contributed by atoms with Crippen molar-refractivity contribution in [2.45, 2.75) is 18.7 Å². The third-order valence-corrected chi connectivity index (χ3v) is 5.73. The quantitative estimate of drug-likeness (QED) is 0.901. The molecule has 1 amide bonds. The average molecular weight is 367 g/mol. The van der Waals surface area contributed by atoms with E-state index in [-0.39, 0.29) is 15.5 Å². The minimum atomic E-state index is -3.64. The predicted molar refractivity (Wildman–Crippen MR) is 96.2 cm³/mol. The Labute approximate surface area is 147 Å². The third-order valence-electron chi connectivity index (χ3n) is 3.59. The fourth-order valence-electron chi connectivity index (χ4n) is 2.19. The van der Waals surface area contributed by atoms with Gasteiger partial charge in [-0.05, 0) is 43.7 Å². The van der Waals surface area contributed by atoms with E-state index in [1.807, 2.05) is 26.0 Å². The van der Waals surface area contributed by atoms with Crippen LogP contribution in [0.3, 0.4) is 0 Å². The normalized spacial score (nSPS) is 11.6. The van der Waals surface area contributed by atoms with Crippen LogP contribution in [0.1, 0.15) is 21.5 Å². The Morgan fingerprint density at radius 1 is 1.08 bits per heavy atom. The number of sulfonamides is 1. The van der Waals surface area contributed by atoms with Gasteiger partial charge < -0.3 is 5.32 Å². The average Bonchev–Trinajstić information content (AvgIpc) is 2.50. The second-order valence-electron chi connectivity index (χ2n) is 5.70. The maximum Gasteiger partial charge on any atom is 0.257 e. The molecule has 2 rings (SSSR count). The number of aryl methyl sites for hydroxylation is 2. The van der Waals surface area contributed by atoms with Crippen LogP contribution in [0, 0.1) is 13.8 Å². The summed E-state index contributed by atoms with van der Waals surface area (Å²) in [6.45, 7) is 3.85. The highest BCUT2D eigenvalue weighted by Gasteiger charge is 2.21. The lowest BCUT2D eigenvalue weighted by Crippen LogP contribution is -2.23. The Hall–Kier alpha value is -1.89. The van der Waals surface area contributed by atoms with Gasteiger partial charge in [0.25, 0.3) is 5.91 Å². The molecule has 1 N–H and O–H groups in total. The number of anilines is 1. The molecule has 2 aromatic carbocycles. The molecule has 0 saturated carbocycles. The molecule has 0 fully saturated rings. The zero-order valence-corrected chi connectivity index (χ0v) is 15.5. The number of rotatable bonds is 4. The van der Waals surface area contributed by atoms with Crippen molar-refractivity contribution in [2.75, 3.05) is 19.4 Å². The van der Waals surface area contributed by atoms with E-state index in [2.05, 4.69) is 5.32 Å². The van der Waals surface area contributed by atoms with E-state index < -0.39 is 15.9 Å². The van der Waals surface area contributed by atoms with Gasteiger partial charge in [-0.2, -0.15) is 0 Å². The van der Waals surface area contributed by atoms with Crippen molar-refractivity contribution >= 4 is 33.2 Å². The Morgan fingerprint density at radius 2 is 1.75 bits per heavy atom. The van der Waals surface area contributed by atoms with Crippen molar-refractivity contribution in [3.8, 4) is 0 Å². The van der Waals surface area contributed by atoms with Crippen LogP contribution in [0.2, 0.25) is 5.02 Å². The molecule has 5 nitrogen and oxygen atoms in total. The monoisotopic (exact) mass is 366 g/mol. The maximum atomic E-state index is 12.5. The lowest BCUT2D eigenvalue weighted by molar-refractivity contribution is 0.102. The van der Waals surface area contributed by atoms with E-state index in [0.717, 1.165) is 15.4 Å². The first-order chi connectivity index (χ1) is 11.1. The number of amides is 1. The number of nitrogens with zero attached hydrogens (tertiary/aromatic N) is 1. The number of carbonyl (C=O) groups excluding carboxylic acids is 1. The second-order valence-corrected chi connectivity index (χ2v) is 8.26. The molecule has 24 heavy (non-hydrogen) atoms. The first-order valence-corrected chi connectivity index (χ1v) is 9.05. The van der Waals surface area contributed by atoms with Crippen LogP contribution < -0.4 is 5.32 Å². The maximum absolute atomic E-state index is 12.5. The van der Waals surface area contributed by atoms with Gasteiger partial charge in [-0.15, -0.1) is 0 Å². The molecule has 0 atom stereocenters. The van der Waals surface area contributed by atoms with E-state index in [9.17, 15) is 13.2 Å². The topological polar surface area (TPSA) is 66.5 Å². The molecule has 0 aromatic heterocycles. The Morgan fingerprint density at radius 3 is 2.33 bits per heavy atom. The number of carbonyl (C=O) groups is 1. The summed E-state index contributed by atoms with van der Waals surface area (Å²) in [5.74, 6) is -0.456. The Kier molecular flexibility index (Phi) is 5.32. The van der Waals surface area contributed by atoms with Crippen LogP contribution in [0.15, 0.2) is 41.3 Å². The molecule has 0 unspecified atom stereocenters. The van der Waals surface area contributed by atoms with Crippen LogP contribution >= 0.6 is 11.6 Å². The van der Waals surface area contributed by atoms with E-state index in [0.29, 0.717) is 5.69 Å². The highest BCUT2D eigenvalue weighted by atomic mass is 35.5. The molecule has 0 saturated heterocycles. The predicted octanol–water partition coefficient (Wildman–Crippen LogP) is 3.46. The molecule has 0 aliphatic heterocycles. The second kappa shape index (κ2) is 6.93. The number of hydrogen-bond acceptors (Lipinski definition) is 3. The molecule has 2 aromatic rings. The zero-order chi connectivity index (χ0) is 18.1. The van der Waals surface area contributed by atoms with Gasteiger partial charge in [0.05, 0.1) is 15.5 Å². The summed E-state index contributed by atoms with van der Waals surface area (Å²) in [6, 6.07) is 9.72. The van der Waals surface area contributed by atoms with Gasteiger partial charge in [0.15, 0.2) is 0 Å². The number of benzene rings is 2. The summed E-state index contributed by atoms with van der Waals surface area (Å²) in [5, 5.41) is 2.96. The Balaban J connectivity index is 2.39. The highest BCUT2D eigenvalue weighted by Crippen LogP contribution is 2.24. The lowest BCUT2D eigenvalue weighted by Gasteiger charge is -2.14. The van der Waals surface area contributed by atoms with Gasteiger partial charge in [0.2, 0.25) is 10.0 Å². The van der Waals surface area contributed by atoms with Gasteiger partial charge in [-0.3, -0.25) is 4.79 Å². The summed E-state index contributed by atoms with van der Waals surface area (Å²) < 4.78 is 25.5. The minimum absolute atomic E-state index is 0.0164. The number of hydrogen-bond donors (Lipinski definition) is 1. The first-order valence-electron chi connectivity index (χ1n) is 7.23. The van der Waals surface area contributed by atoms with E-state index in [1.165, 1.54) is 32.3 Å².